The van der Waals surface area contributed by atoms with E-state index in [4.69, 9.17) is 0 Å². The number of pyridine rings is 1. The standard InChI is InChI=1S/C22H24N2O2.C20H22N2O.C18H20N2.C7H7NOS/c1-12-10-13(2)21(14(3)11-12)22(19-8-6-17(23-19)15(4)25)20-9-7-18(24-20)16(5)26;1-12-10-13(2)19(14(3)11-12)20(17-6-5-9-21-17)18-8-7-16(22-18)15(4)23;1-12-10-13(2)17(14(3)11-12)18(15-6-4-8-19-15)16-7-5-9-20-16;1-6(9)10-7-4-2-3-5-8-7/h6-11,22-24H,1-5H3;5-11,20-22H,1-4H3;4-11,18-20H,1-3H3;2-5H,1H3. The number of hydrogen-bond acceptors (Lipinski definition) is 6. The molecule has 1 unspecified atom stereocenters. The molecule has 0 saturated heterocycles. The Kier molecular flexibility index (Phi) is 19.3. The van der Waals surface area contributed by atoms with Gasteiger partial charge in [-0.1, -0.05) is 59.2 Å². The first-order valence-corrected chi connectivity index (χ1v) is 27.3. The van der Waals surface area contributed by atoms with Gasteiger partial charge in [0.05, 0.1) is 34.8 Å². The van der Waals surface area contributed by atoms with Crippen molar-refractivity contribution in [3.05, 3.63) is 270 Å². The molecule has 0 aliphatic rings. The third kappa shape index (κ3) is 14.6. The summed E-state index contributed by atoms with van der Waals surface area (Å²) in [4.78, 5) is 69.5. The van der Waals surface area contributed by atoms with Crippen LogP contribution < -0.4 is 0 Å². The second-order valence-corrected chi connectivity index (χ2v) is 21.7. The van der Waals surface area contributed by atoms with Gasteiger partial charge in [0, 0.05) is 86.6 Å². The van der Waals surface area contributed by atoms with Crippen molar-refractivity contribution in [2.75, 3.05) is 0 Å². The topological polar surface area (TPSA) is 176 Å². The zero-order chi connectivity index (χ0) is 57.1. The first-order chi connectivity index (χ1) is 37.7. The van der Waals surface area contributed by atoms with Crippen molar-refractivity contribution < 1.29 is 19.2 Å². The average molecular weight is 1070 g/mol. The maximum atomic E-state index is 11.7. The van der Waals surface area contributed by atoms with Crippen molar-refractivity contribution in [2.24, 2.45) is 0 Å². The molecule has 0 radical (unpaired) electrons. The van der Waals surface area contributed by atoms with Crippen molar-refractivity contribution in [1.82, 2.24) is 34.9 Å². The molecule has 11 nitrogen and oxygen atoms in total. The number of nitrogens with one attached hydrogen (secondary N) is 6. The predicted molar refractivity (Wildman–Crippen MR) is 320 cm³/mol. The van der Waals surface area contributed by atoms with Gasteiger partial charge in [-0.3, -0.25) is 19.2 Å². The molecule has 406 valence electrons. The summed E-state index contributed by atoms with van der Waals surface area (Å²) in [6, 6.07) is 42.7. The first kappa shape index (κ1) is 58.2. The van der Waals surface area contributed by atoms with Crippen LogP contribution in [-0.4, -0.2) is 57.4 Å². The van der Waals surface area contributed by atoms with E-state index in [-0.39, 0.29) is 40.2 Å². The maximum absolute atomic E-state index is 11.7. The monoisotopic (exact) mass is 1070 g/mol. The van der Waals surface area contributed by atoms with Gasteiger partial charge in [-0.05, 0) is 209 Å². The Morgan fingerprint density at radius 1 is 0.380 bits per heavy atom. The summed E-state index contributed by atoms with van der Waals surface area (Å²) in [7, 11) is 0. The summed E-state index contributed by atoms with van der Waals surface area (Å²) in [5.41, 5.74) is 23.6. The average Bonchev–Trinajstić information content (AvgIpc) is 4.37. The molecular weight excluding hydrogens is 999 g/mol. The number of H-pyrrole nitrogens is 6. The van der Waals surface area contributed by atoms with E-state index in [9.17, 15) is 19.2 Å². The Balaban J connectivity index is 0.000000159. The second-order valence-electron chi connectivity index (χ2n) is 20.5. The zero-order valence-electron chi connectivity index (χ0n) is 47.7. The lowest BCUT2D eigenvalue weighted by Gasteiger charge is -2.21. The third-order valence-corrected chi connectivity index (χ3v) is 14.7. The second kappa shape index (κ2) is 26.2. The van der Waals surface area contributed by atoms with E-state index in [0.717, 1.165) is 39.6 Å². The molecule has 0 spiro atoms. The minimum Gasteiger partial charge on any atom is -0.364 e. The molecule has 12 heteroatoms. The number of rotatable bonds is 13. The number of hydrogen-bond donors (Lipinski definition) is 6. The number of benzene rings is 3. The van der Waals surface area contributed by atoms with Crippen molar-refractivity contribution in [2.45, 2.75) is 113 Å². The molecule has 0 amide bonds. The fraction of sp³-hybridized carbons (Fsp3) is 0.239. The number of aromatic amines is 6. The lowest BCUT2D eigenvalue weighted by molar-refractivity contribution is -0.109. The van der Waals surface area contributed by atoms with E-state index in [1.807, 2.05) is 79.3 Å². The highest BCUT2D eigenvalue weighted by molar-refractivity contribution is 8.13. The molecule has 0 saturated carbocycles. The molecule has 7 aromatic heterocycles. The fourth-order valence-electron chi connectivity index (χ4n) is 10.9. The molecule has 6 N–H and O–H groups in total. The highest BCUT2D eigenvalue weighted by atomic mass is 32.2. The van der Waals surface area contributed by atoms with Crippen molar-refractivity contribution in [1.29, 1.82) is 0 Å². The highest BCUT2D eigenvalue weighted by Gasteiger charge is 2.27. The summed E-state index contributed by atoms with van der Waals surface area (Å²) in [6.07, 6.45) is 7.59. The Labute approximate surface area is 469 Å². The lowest BCUT2D eigenvalue weighted by Crippen LogP contribution is -2.10. The van der Waals surface area contributed by atoms with Crippen molar-refractivity contribution >= 4 is 34.2 Å². The van der Waals surface area contributed by atoms with Crippen LogP contribution in [0.5, 0.6) is 0 Å². The largest absolute Gasteiger partial charge is 0.364 e. The minimum atomic E-state index is -0.100. The molecule has 10 rings (SSSR count). The number of aryl methyl sites for hydroxylation is 9. The van der Waals surface area contributed by atoms with Gasteiger partial charge >= 0.3 is 0 Å². The van der Waals surface area contributed by atoms with Gasteiger partial charge in [0.2, 0.25) is 0 Å². The van der Waals surface area contributed by atoms with E-state index < -0.39 is 0 Å². The SMILES string of the molecule is CC(=O)Sc1ccccn1.CC(=O)c1ccc(C(c2ccc(C(C)=O)[nH]2)c2c(C)cc(C)cc2C)[nH]1.CC(=O)c1ccc(C(c2ccc[nH]2)c2c(C)cc(C)cc2C)[nH]1.Cc1cc(C)c(C(c2ccc[nH]2)c2ccc[nH]2)c(C)c1. The van der Waals surface area contributed by atoms with Gasteiger partial charge in [0.25, 0.3) is 0 Å². The molecule has 79 heavy (non-hydrogen) atoms. The van der Waals surface area contributed by atoms with Crippen LogP contribution >= 0.6 is 11.8 Å². The number of thioether (sulfide) groups is 1. The first-order valence-electron chi connectivity index (χ1n) is 26.5. The van der Waals surface area contributed by atoms with Gasteiger partial charge in [0.1, 0.15) is 5.03 Å². The van der Waals surface area contributed by atoms with Crippen LogP contribution in [0.3, 0.4) is 0 Å². The van der Waals surface area contributed by atoms with E-state index in [1.54, 1.807) is 27.0 Å². The normalized spacial score (nSPS) is 11.3. The molecule has 0 aliphatic heterocycles. The van der Waals surface area contributed by atoms with Gasteiger partial charge in [-0.25, -0.2) is 4.98 Å². The van der Waals surface area contributed by atoms with Crippen LogP contribution in [0.2, 0.25) is 0 Å². The van der Waals surface area contributed by atoms with Crippen molar-refractivity contribution in [3.8, 4) is 0 Å². The van der Waals surface area contributed by atoms with Gasteiger partial charge in [-0.15, -0.1) is 0 Å². The molecule has 3 aromatic carbocycles. The zero-order valence-corrected chi connectivity index (χ0v) is 48.5. The van der Waals surface area contributed by atoms with E-state index in [2.05, 4.69) is 164 Å². The number of carbonyl (C=O) groups is 4. The van der Waals surface area contributed by atoms with Crippen LogP contribution in [0.1, 0.15) is 178 Å². The smallest absolute Gasteiger partial charge is 0.192 e. The molecule has 10 aromatic rings. The predicted octanol–water partition coefficient (Wildman–Crippen LogP) is 15.7. The van der Waals surface area contributed by atoms with E-state index in [1.165, 1.54) is 85.1 Å². The quantitative estimate of drug-likeness (QED) is 0.0495. The Morgan fingerprint density at radius 3 is 0.924 bits per heavy atom. The fourth-order valence-corrected chi connectivity index (χ4v) is 11.4. The van der Waals surface area contributed by atoms with Crippen LogP contribution in [-0.2, 0) is 4.79 Å². The number of aromatic nitrogens is 7. The number of nitrogens with zero attached hydrogens (tertiary/aromatic N) is 1. The van der Waals surface area contributed by atoms with Crippen molar-refractivity contribution in [3.63, 3.8) is 0 Å². The molecule has 7 heterocycles. The number of ketones is 3. The summed E-state index contributed by atoms with van der Waals surface area (Å²) >= 11 is 1.15. The summed E-state index contributed by atoms with van der Waals surface area (Å²) in [5.74, 6) is 0.265. The third-order valence-electron chi connectivity index (χ3n) is 14.0. The Morgan fingerprint density at radius 2 is 0.684 bits per heavy atom. The van der Waals surface area contributed by atoms with Gasteiger partial charge in [-0.2, -0.15) is 0 Å². The minimum absolute atomic E-state index is 0.00302. The highest BCUT2D eigenvalue weighted by Crippen LogP contribution is 2.38. The number of carbonyl (C=O) groups excluding carboxylic acids is 4. The van der Waals surface area contributed by atoms with Crippen LogP contribution in [0.25, 0.3) is 0 Å². The van der Waals surface area contributed by atoms with Crippen LogP contribution in [0, 0.1) is 62.3 Å². The summed E-state index contributed by atoms with van der Waals surface area (Å²) in [6.45, 7) is 25.5. The van der Waals surface area contributed by atoms with E-state index >= 15 is 0 Å². The molecular formula is C67H73N7O4S. The van der Waals surface area contributed by atoms with Gasteiger partial charge in [0.15, 0.2) is 22.5 Å². The number of Topliss-reactive ketones (excluding diaryl/α,β-unsaturated/α-hetero) is 3. The summed E-state index contributed by atoms with van der Waals surface area (Å²) < 4.78 is 0. The lowest BCUT2D eigenvalue weighted by atomic mass is 9.85. The maximum Gasteiger partial charge on any atom is 0.192 e. The van der Waals surface area contributed by atoms with Gasteiger partial charge < -0.3 is 29.9 Å². The molecule has 1 atom stereocenters. The molecule has 0 fully saturated rings. The van der Waals surface area contributed by atoms with Crippen LogP contribution in [0.4, 0.5) is 0 Å². The van der Waals surface area contributed by atoms with Crippen LogP contribution in [0.15, 0.2) is 157 Å². The molecule has 0 aliphatic carbocycles. The molecule has 0 bridgehead atoms. The van der Waals surface area contributed by atoms with E-state index in [0.29, 0.717) is 17.1 Å². The summed E-state index contributed by atoms with van der Waals surface area (Å²) in [5, 5.41) is 0.828. The Hall–Kier alpha value is -8.48. The Bertz CT molecular complexity index is 3510.